The lowest BCUT2D eigenvalue weighted by molar-refractivity contribution is 0.143. The van der Waals surface area contributed by atoms with Crippen LogP contribution in [-0.2, 0) is 6.54 Å². The Morgan fingerprint density at radius 3 is 2.61 bits per heavy atom. The molecule has 3 aromatic rings. The van der Waals surface area contributed by atoms with Crippen LogP contribution in [0.4, 0.5) is 0 Å². The normalized spacial score (nSPS) is 12.7. The van der Waals surface area contributed by atoms with E-state index in [1.165, 1.54) is 10.9 Å². The molecule has 0 spiro atoms. The van der Waals surface area contributed by atoms with Crippen LogP contribution in [0, 0.1) is 0 Å². The number of ether oxygens (including phenoxy) is 1. The van der Waals surface area contributed by atoms with Crippen LogP contribution in [0.25, 0.3) is 10.9 Å². The van der Waals surface area contributed by atoms with Crippen LogP contribution in [0.15, 0.2) is 54.7 Å². The van der Waals surface area contributed by atoms with Crippen molar-refractivity contribution in [2.75, 3.05) is 20.8 Å². The van der Waals surface area contributed by atoms with E-state index in [9.17, 15) is 5.11 Å². The quantitative estimate of drug-likeness (QED) is 0.734. The highest BCUT2D eigenvalue weighted by Crippen LogP contribution is 2.25. The zero-order valence-corrected chi connectivity index (χ0v) is 13.5. The van der Waals surface area contributed by atoms with E-state index in [1.54, 1.807) is 7.11 Å². The standard InChI is InChI=1S/C19H22N2O2/c1-21(12-15-4-3-5-18-17(15)10-11-20-18)19(13-22)14-6-8-16(23-2)9-7-14/h3-11,19-20,22H,12-13H2,1-2H3. The molecule has 0 aliphatic carbocycles. The molecule has 23 heavy (non-hydrogen) atoms. The number of H-pyrrole nitrogens is 1. The number of benzene rings is 2. The highest BCUT2D eigenvalue weighted by Gasteiger charge is 2.17. The number of hydrogen-bond acceptors (Lipinski definition) is 3. The first-order valence-corrected chi connectivity index (χ1v) is 7.73. The van der Waals surface area contributed by atoms with Gasteiger partial charge in [0.1, 0.15) is 5.75 Å². The fraction of sp³-hybridized carbons (Fsp3) is 0.263. The Morgan fingerprint density at radius 2 is 1.91 bits per heavy atom. The van der Waals surface area contributed by atoms with Gasteiger partial charge in [0.05, 0.1) is 19.8 Å². The Labute approximate surface area is 136 Å². The molecule has 1 unspecified atom stereocenters. The number of aliphatic hydroxyl groups excluding tert-OH is 1. The van der Waals surface area contributed by atoms with Gasteiger partial charge in [-0.1, -0.05) is 24.3 Å². The molecule has 0 bridgehead atoms. The summed E-state index contributed by atoms with van der Waals surface area (Å²) in [6.45, 7) is 0.846. The van der Waals surface area contributed by atoms with Crippen molar-refractivity contribution in [3.8, 4) is 5.75 Å². The first-order valence-electron chi connectivity index (χ1n) is 7.73. The minimum absolute atomic E-state index is 0.0462. The lowest BCUT2D eigenvalue weighted by Gasteiger charge is -2.27. The number of rotatable bonds is 6. The Kier molecular flexibility index (Phi) is 4.65. The number of likely N-dealkylation sites (N-methyl/N-ethyl adjacent to an activating group) is 1. The number of fused-ring (bicyclic) bond motifs is 1. The van der Waals surface area contributed by atoms with Crippen molar-refractivity contribution in [2.45, 2.75) is 12.6 Å². The van der Waals surface area contributed by atoms with E-state index >= 15 is 0 Å². The number of methoxy groups -OCH3 is 1. The highest BCUT2D eigenvalue weighted by molar-refractivity contribution is 5.82. The van der Waals surface area contributed by atoms with Crippen LogP contribution in [-0.4, -0.2) is 35.8 Å². The topological polar surface area (TPSA) is 48.5 Å². The molecule has 0 aliphatic heterocycles. The van der Waals surface area contributed by atoms with E-state index in [0.717, 1.165) is 23.4 Å². The summed E-state index contributed by atoms with van der Waals surface area (Å²) in [4.78, 5) is 5.41. The molecule has 2 aromatic carbocycles. The number of aromatic nitrogens is 1. The van der Waals surface area contributed by atoms with E-state index in [0.29, 0.717) is 0 Å². The molecule has 1 aromatic heterocycles. The van der Waals surface area contributed by atoms with Gasteiger partial charge in [0.2, 0.25) is 0 Å². The summed E-state index contributed by atoms with van der Waals surface area (Å²) >= 11 is 0. The summed E-state index contributed by atoms with van der Waals surface area (Å²) in [5.74, 6) is 0.824. The van der Waals surface area contributed by atoms with E-state index in [-0.39, 0.29) is 12.6 Å². The largest absolute Gasteiger partial charge is 0.497 e. The zero-order valence-electron chi connectivity index (χ0n) is 13.5. The summed E-state index contributed by atoms with van der Waals surface area (Å²) in [5.41, 5.74) is 3.47. The van der Waals surface area contributed by atoms with E-state index in [2.05, 4.69) is 34.1 Å². The third-order valence-corrected chi connectivity index (χ3v) is 4.31. The van der Waals surface area contributed by atoms with Crippen LogP contribution >= 0.6 is 0 Å². The van der Waals surface area contributed by atoms with Crippen molar-refractivity contribution in [2.24, 2.45) is 0 Å². The Bertz CT molecular complexity index is 764. The monoisotopic (exact) mass is 310 g/mol. The number of aromatic amines is 1. The number of aliphatic hydroxyl groups is 1. The van der Waals surface area contributed by atoms with Gasteiger partial charge in [-0.05, 0) is 42.4 Å². The molecular formula is C19H22N2O2. The maximum atomic E-state index is 9.85. The van der Waals surface area contributed by atoms with Crippen molar-refractivity contribution < 1.29 is 9.84 Å². The van der Waals surface area contributed by atoms with E-state index < -0.39 is 0 Å². The molecule has 0 saturated carbocycles. The van der Waals surface area contributed by atoms with Crippen LogP contribution in [0.2, 0.25) is 0 Å². The number of hydrogen-bond donors (Lipinski definition) is 2. The Balaban J connectivity index is 1.82. The van der Waals surface area contributed by atoms with Gasteiger partial charge in [0.15, 0.2) is 0 Å². The maximum absolute atomic E-state index is 9.85. The third kappa shape index (κ3) is 3.23. The SMILES string of the molecule is COc1ccc(C(CO)N(C)Cc2cccc3[nH]ccc23)cc1. The molecule has 2 N–H and O–H groups in total. The number of nitrogens with zero attached hydrogens (tertiary/aromatic N) is 1. The second-order valence-corrected chi connectivity index (χ2v) is 5.74. The summed E-state index contributed by atoms with van der Waals surface area (Å²) < 4.78 is 5.20. The summed E-state index contributed by atoms with van der Waals surface area (Å²) in [5, 5.41) is 11.1. The molecule has 0 radical (unpaired) electrons. The van der Waals surface area contributed by atoms with Gasteiger partial charge in [0, 0.05) is 23.6 Å². The van der Waals surface area contributed by atoms with Gasteiger partial charge in [-0.2, -0.15) is 0 Å². The third-order valence-electron chi connectivity index (χ3n) is 4.31. The molecule has 0 aliphatic rings. The summed E-state index contributed by atoms with van der Waals surface area (Å²) in [6, 6.07) is 16.2. The van der Waals surface area contributed by atoms with Crippen molar-refractivity contribution in [3.63, 3.8) is 0 Å². The second kappa shape index (κ2) is 6.86. The zero-order chi connectivity index (χ0) is 16.2. The van der Waals surface area contributed by atoms with Gasteiger partial charge in [-0.15, -0.1) is 0 Å². The molecule has 120 valence electrons. The van der Waals surface area contributed by atoms with E-state index in [1.807, 2.05) is 37.5 Å². The van der Waals surface area contributed by atoms with Gasteiger partial charge >= 0.3 is 0 Å². The van der Waals surface area contributed by atoms with Crippen molar-refractivity contribution in [1.82, 2.24) is 9.88 Å². The molecular weight excluding hydrogens is 288 g/mol. The fourth-order valence-corrected chi connectivity index (χ4v) is 2.99. The Hall–Kier alpha value is -2.30. The number of nitrogens with one attached hydrogen (secondary N) is 1. The summed E-state index contributed by atoms with van der Waals surface area (Å²) in [7, 11) is 3.69. The van der Waals surface area contributed by atoms with Crippen LogP contribution in [0.5, 0.6) is 5.75 Å². The first-order chi connectivity index (χ1) is 11.2. The van der Waals surface area contributed by atoms with Gasteiger partial charge < -0.3 is 14.8 Å². The lowest BCUT2D eigenvalue weighted by atomic mass is 10.0. The average molecular weight is 310 g/mol. The van der Waals surface area contributed by atoms with Crippen LogP contribution in [0.3, 0.4) is 0 Å². The molecule has 4 nitrogen and oxygen atoms in total. The highest BCUT2D eigenvalue weighted by atomic mass is 16.5. The fourth-order valence-electron chi connectivity index (χ4n) is 2.99. The van der Waals surface area contributed by atoms with Crippen LogP contribution in [0.1, 0.15) is 17.2 Å². The summed E-state index contributed by atoms with van der Waals surface area (Å²) in [6.07, 6.45) is 1.96. The maximum Gasteiger partial charge on any atom is 0.118 e. The van der Waals surface area contributed by atoms with Crippen molar-refractivity contribution in [3.05, 3.63) is 65.9 Å². The molecule has 0 amide bonds. The van der Waals surface area contributed by atoms with Crippen molar-refractivity contribution in [1.29, 1.82) is 0 Å². The van der Waals surface area contributed by atoms with Gasteiger partial charge in [0.25, 0.3) is 0 Å². The molecule has 0 saturated heterocycles. The predicted molar refractivity (Wildman–Crippen MR) is 92.6 cm³/mol. The predicted octanol–water partition coefficient (Wildman–Crippen LogP) is 3.34. The molecule has 4 heteroatoms. The average Bonchev–Trinajstić information content (AvgIpc) is 3.06. The van der Waals surface area contributed by atoms with Gasteiger partial charge in [-0.3, -0.25) is 4.90 Å². The lowest BCUT2D eigenvalue weighted by Crippen LogP contribution is -2.27. The molecule has 1 atom stereocenters. The van der Waals surface area contributed by atoms with E-state index in [4.69, 9.17) is 4.74 Å². The van der Waals surface area contributed by atoms with Crippen molar-refractivity contribution >= 4 is 10.9 Å². The van der Waals surface area contributed by atoms with Crippen LogP contribution < -0.4 is 4.74 Å². The Morgan fingerprint density at radius 1 is 1.13 bits per heavy atom. The smallest absolute Gasteiger partial charge is 0.118 e. The molecule has 0 fully saturated rings. The first kappa shape index (κ1) is 15.6. The second-order valence-electron chi connectivity index (χ2n) is 5.74. The van der Waals surface area contributed by atoms with Gasteiger partial charge in [-0.25, -0.2) is 0 Å². The minimum Gasteiger partial charge on any atom is -0.497 e. The molecule has 3 rings (SSSR count). The minimum atomic E-state index is -0.0462. The molecule has 1 heterocycles.